The van der Waals surface area contributed by atoms with Crippen LogP contribution in [-0.4, -0.2) is 21.6 Å². The summed E-state index contributed by atoms with van der Waals surface area (Å²) in [5.74, 6) is -0.0958. The smallest absolute Gasteiger partial charge is 0.272 e. The Kier molecular flexibility index (Phi) is 3.88. The van der Waals surface area contributed by atoms with Crippen molar-refractivity contribution in [1.82, 2.24) is 15.5 Å². The third kappa shape index (κ3) is 3.04. The Morgan fingerprint density at radius 1 is 1.30 bits per heavy atom. The van der Waals surface area contributed by atoms with E-state index in [9.17, 15) is 9.59 Å². The van der Waals surface area contributed by atoms with E-state index in [-0.39, 0.29) is 23.4 Å². The molecule has 0 bridgehead atoms. The molecule has 0 aliphatic heterocycles. The summed E-state index contributed by atoms with van der Waals surface area (Å²) in [6.45, 7) is 5.97. The van der Waals surface area contributed by atoms with Crippen molar-refractivity contribution in [3.05, 3.63) is 40.3 Å². The molecule has 20 heavy (non-hydrogen) atoms. The van der Waals surface area contributed by atoms with Crippen molar-refractivity contribution in [1.29, 1.82) is 0 Å². The summed E-state index contributed by atoms with van der Waals surface area (Å²) in [4.78, 5) is 23.7. The van der Waals surface area contributed by atoms with Crippen LogP contribution in [0, 0.1) is 0 Å². The second kappa shape index (κ2) is 5.45. The minimum atomic E-state index is -0.241. The van der Waals surface area contributed by atoms with E-state index in [0.717, 1.165) is 11.8 Å². The summed E-state index contributed by atoms with van der Waals surface area (Å²) in [6.07, 6.45) is 0.999. The summed E-state index contributed by atoms with van der Waals surface area (Å²) >= 11 is 0. The van der Waals surface area contributed by atoms with E-state index < -0.39 is 0 Å². The van der Waals surface area contributed by atoms with Crippen molar-refractivity contribution in [2.45, 2.75) is 39.2 Å². The molecular weight excluding hydrogens is 254 g/mol. The molecule has 2 aromatic rings. The van der Waals surface area contributed by atoms with Crippen molar-refractivity contribution in [3.8, 4) is 0 Å². The highest BCUT2D eigenvalue weighted by Crippen LogP contribution is 2.13. The largest absolute Gasteiger partial charge is 0.351 e. The highest BCUT2D eigenvalue weighted by Gasteiger charge is 2.19. The van der Waals surface area contributed by atoms with Crippen LogP contribution in [0.2, 0.25) is 0 Å². The Hall–Kier alpha value is -2.17. The fraction of sp³-hybridized carbons (Fsp3) is 0.400. The van der Waals surface area contributed by atoms with Crippen LogP contribution in [-0.2, 0) is 11.2 Å². The standard InChI is InChI=1S/C15H19N3O2/c1-4-15(2,3)16-13(19)9-12-10-7-5-6-8-11(10)14(20)18-17-12/h5-8H,4,9H2,1-3H3,(H,16,19)(H,18,20). The monoisotopic (exact) mass is 273 g/mol. The molecule has 0 aliphatic rings. The van der Waals surface area contributed by atoms with Crippen molar-refractivity contribution in [2.24, 2.45) is 0 Å². The Labute approximate surface area is 117 Å². The molecule has 2 N–H and O–H groups in total. The van der Waals surface area contributed by atoms with Crippen LogP contribution in [0.3, 0.4) is 0 Å². The van der Waals surface area contributed by atoms with Crippen molar-refractivity contribution < 1.29 is 4.79 Å². The number of rotatable bonds is 4. The Bertz CT molecular complexity index is 689. The second-order valence-corrected chi connectivity index (χ2v) is 5.51. The number of nitrogens with zero attached hydrogens (tertiary/aromatic N) is 1. The minimum Gasteiger partial charge on any atom is -0.351 e. The van der Waals surface area contributed by atoms with Crippen LogP contribution >= 0.6 is 0 Å². The van der Waals surface area contributed by atoms with Crippen LogP contribution in [0.1, 0.15) is 32.9 Å². The molecule has 1 aromatic carbocycles. The fourth-order valence-electron chi connectivity index (χ4n) is 1.97. The van der Waals surface area contributed by atoms with Gasteiger partial charge in [0.25, 0.3) is 5.56 Å². The zero-order chi connectivity index (χ0) is 14.8. The molecule has 0 saturated heterocycles. The lowest BCUT2D eigenvalue weighted by atomic mass is 10.0. The molecule has 5 heteroatoms. The van der Waals surface area contributed by atoms with Gasteiger partial charge in [-0.05, 0) is 26.3 Å². The van der Waals surface area contributed by atoms with E-state index in [1.807, 2.05) is 32.9 Å². The normalized spacial score (nSPS) is 11.6. The quantitative estimate of drug-likeness (QED) is 0.891. The van der Waals surface area contributed by atoms with Crippen LogP contribution in [0.4, 0.5) is 0 Å². The molecule has 5 nitrogen and oxygen atoms in total. The second-order valence-electron chi connectivity index (χ2n) is 5.51. The van der Waals surface area contributed by atoms with E-state index in [0.29, 0.717) is 11.1 Å². The zero-order valence-electron chi connectivity index (χ0n) is 12.0. The van der Waals surface area contributed by atoms with Crippen LogP contribution < -0.4 is 10.9 Å². The maximum absolute atomic E-state index is 12.1. The average molecular weight is 273 g/mol. The zero-order valence-corrected chi connectivity index (χ0v) is 12.0. The molecule has 1 heterocycles. The number of H-pyrrole nitrogens is 1. The first-order valence-electron chi connectivity index (χ1n) is 6.70. The Balaban J connectivity index is 2.29. The van der Waals surface area contributed by atoms with Crippen LogP contribution in [0.15, 0.2) is 29.1 Å². The number of hydrogen-bond acceptors (Lipinski definition) is 3. The molecular formula is C15H19N3O2. The fourth-order valence-corrected chi connectivity index (χ4v) is 1.97. The van der Waals surface area contributed by atoms with Gasteiger partial charge in [0.05, 0.1) is 17.5 Å². The van der Waals surface area contributed by atoms with Gasteiger partial charge in [-0.2, -0.15) is 5.10 Å². The number of benzene rings is 1. The van der Waals surface area contributed by atoms with Gasteiger partial charge in [-0.1, -0.05) is 25.1 Å². The van der Waals surface area contributed by atoms with Gasteiger partial charge in [-0.3, -0.25) is 9.59 Å². The van der Waals surface area contributed by atoms with Crippen molar-refractivity contribution >= 4 is 16.7 Å². The topological polar surface area (TPSA) is 74.8 Å². The maximum Gasteiger partial charge on any atom is 0.272 e. The number of amides is 1. The number of nitrogens with one attached hydrogen (secondary N) is 2. The molecule has 0 saturated carbocycles. The van der Waals surface area contributed by atoms with Gasteiger partial charge >= 0.3 is 0 Å². The van der Waals surface area contributed by atoms with Crippen molar-refractivity contribution in [2.75, 3.05) is 0 Å². The number of aromatic amines is 1. The molecule has 106 valence electrons. The lowest BCUT2D eigenvalue weighted by Crippen LogP contribution is -2.43. The maximum atomic E-state index is 12.1. The number of carbonyl (C=O) groups is 1. The first kappa shape index (κ1) is 14.2. The molecule has 0 aliphatic carbocycles. The van der Waals surface area contributed by atoms with Gasteiger partial charge in [0.1, 0.15) is 0 Å². The molecule has 1 amide bonds. The van der Waals surface area contributed by atoms with Gasteiger partial charge in [0.2, 0.25) is 5.91 Å². The first-order valence-corrected chi connectivity index (χ1v) is 6.70. The number of carbonyl (C=O) groups excluding carboxylic acids is 1. The molecule has 0 atom stereocenters. The Morgan fingerprint density at radius 3 is 2.60 bits per heavy atom. The average Bonchev–Trinajstić information content (AvgIpc) is 2.42. The van der Waals surface area contributed by atoms with Gasteiger partial charge in [0.15, 0.2) is 0 Å². The molecule has 2 rings (SSSR count). The predicted molar refractivity (Wildman–Crippen MR) is 78.6 cm³/mol. The number of aromatic nitrogens is 2. The van der Waals surface area contributed by atoms with Crippen molar-refractivity contribution in [3.63, 3.8) is 0 Å². The SMILES string of the molecule is CCC(C)(C)NC(=O)Cc1n[nH]c(=O)c2ccccc12. The van der Waals surface area contributed by atoms with Gasteiger partial charge < -0.3 is 5.32 Å². The summed E-state index contributed by atoms with van der Waals surface area (Å²) in [7, 11) is 0. The molecule has 0 radical (unpaired) electrons. The molecule has 0 unspecified atom stereocenters. The summed E-state index contributed by atoms with van der Waals surface area (Å²) in [6, 6.07) is 7.17. The predicted octanol–water partition coefficient (Wildman–Crippen LogP) is 1.77. The third-order valence-corrected chi connectivity index (χ3v) is 3.46. The molecule has 0 spiro atoms. The highest BCUT2D eigenvalue weighted by molar-refractivity contribution is 5.88. The molecule has 1 aromatic heterocycles. The number of hydrogen-bond donors (Lipinski definition) is 2. The van der Waals surface area contributed by atoms with Crippen LogP contribution in [0.25, 0.3) is 10.8 Å². The summed E-state index contributed by atoms with van der Waals surface area (Å²) in [5, 5.41) is 10.7. The van der Waals surface area contributed by atoms with E-state index in [1.165, 1.54) is 0 Å². The third-order valence-electron chi connectivity index (χ3n) is 3.46. The molecule has 0 fully saturated rings. The Morgan fingerprint density at radius 2 is 1.95 bits per heavy atom. The first-order chi connectivity index (χ1) is 9.43. The van der Waals surface area contributed by atoms with E-state index in [2.05, 4.69) is 15.5 Å². The highest BCUT2D eigenvalue weighted by atomic mass is 16.1. The van der Waals surface area contributed by atoms with E-state index in [1.54, 1.807) is 12.1 Å². The van der Waals surface area contributed by atoms with Gasteiger partial charge in [-0.15, -0.1) is 0 Å². The summed E-state index contributed by atoms with van der Waals surface area (Å²) in [5.41, 5.74) is 0.109. The lowest BCUT2D eigenvalue weighted by molar-refractivity contribution is -0.122. The van der Waals surface area contributed by atoms with E-state index >= 15 is 0 Å². The number of fused-ring (bicyclic) bond motifs is 1. The summed E-state index contributed by atoms with van der Waals surface area (Å²) < 4.78 is 0. The van der Waals surface area contributed by atoms with E-state index in [4.69, 9.17) is 0 Å². The lowest BCUT2D eigenvalue weighted by Gasteiger charge is -2.24. The van der Waals surface area contributed by atoms with Gasteiger partial charge in [-0.25, -0.2) is 5.10 Å². The van der Waals surface area contributed by atoms with Crippen LogP contribution in [0.5, 0.6) is 0 Å². The minimum absolute atomic E-state index is 0.0958. The van der Waals surface area contributed by atoms with Gasteiger partial charge in [0, 0.05) is 10.9 Å².